The fourth-order valence-electron chi connectivity index (χ4n) is 2.43. The zero-order chi connectivity index (χ0) is 16.2. The van der Waals surface area contributed by atoms with Gasteiger partial charge in [0.05, 0.1) is 24.0 Å². The second-order valence-electron chi connectivity index (χ2n) is 5.21. The molecule has 3 aromatic rings. The molecule has 0 saturated heterocycles. The maximum Gasteiger partial charge on any atom is 0.255 e. The van der Waals surface area contributed by atoms with Crippen LogP contribution in [0.4, 0.5) is 0 Å². The van der Waals surface area contributed by atoms with Crippen molar-refractivity contribution in [2.45, 2.75) is 20.4 Å². The highest BCUT2D eigenvalue weighted by atomic mass is 16.1. The van der Waals surface area contributed by atoms with Gasteiger partial charge in [-0.05, 0) is 13.8 Å². The van der Waals surface area contributed by atoms with E-state index in [1.807, 2.05) is 44.2 Å². The molecule has 0 saturated carbocycles. The molecule has 0 unspecified atom stereocenters. The average Bonchev–Trinajstić information content (AvgIpc) is 3.15. The van der Waals surface area contributed by atoms with Crippen molar-refractivity contribution in [2.24, 2.45) is 0 Å². The summed E-state index contributed by atoms with van der Waals surface area (Å²) in [6, 6.07) is 9.65. The molecule has 0 aliphatic rings. The van der Waals surface area contributed by atoms with E-state index in [-0.39, 0.29) is 5.91 Å². The molecule has 1 aromatic carbocycles. The Morgan fingerprint density at radius 3 is 2.74 bits per heavy atom. The van der Waals surface area contributed by atoms with Crippen LogP contribution in [0.5, 0.6) is 0 Å². The molecule has 23 heavy (non-hydrogen) atoms. The highest BCUT2D eigenvalue weighted by Gasteiger charge is 2.14. The largest absolute Gasteiger partial charge is 0.350 e. The Bertz CT molecular complexity index is 805. The van der Waals surface area contributed by atoms with Crippen LogP contribution in [0.25, 0.3) is 11.3 Å². The number of hydrogen-bond acceptors (Lipinski definition) is 4. The molecular weight excluding hydrogens is 292 g/mol. The lowest BCUT2D eigenvalue weighted by Crippen LogP contribution is -2.28. The van der Waals surface area contributed by atoms with E-state index >= 15 is 0 Å². The van der Waals surface area contributed by atoms with E-state index in [9.17, 15) is 4.79 Å². The van der Waals surface area contributed by atoms with Crippen LogP contribution >= 0.6 is 0 Å². The number of aryl methyl sites for hydroxylation is 2. The number of benzene rings is 1. The number of carbonyl (C=O) groups excluding carboxylic acids is 1. The molecule has 2 heterocycles. The molecule has 0 aliphatic heterocycles. The zero-order valence-electron chi connectivity index (χ0n) is 13.1. The monoisotopic (exact) mass is 310 g/mol. The van der Waals surface area contributed by atoms with Crippen molar-refractivity contribution < 1.29 is 4.79 Å². The Balaban J connectivity index is 1.66. The average molecular weight is 310 g/mol. The molecule has 7 nitrogen and oxygen atoms in total. The van der Waals surface area contributed by atoms with Crippen LogP contribution in [0.2, 0.25) is 0 Å². The van der Waals surface area contributed by atoms with Crippen LogP contribution in [-0.2, 0) is 6.54 Å². The van der Waals surface area contributed by atoms with Crippen LogP contribution in [0.15, 0.2) is 36.5 Å². The lowest BCUT2D eigenvalue weighted by atomic mass is 10.1. The molecular formula is C16H18N6O. The number of rotatable bonds is 5. The summed E-state index contributed by atoms with van der Waals surface area (Å²) in [6.07, 6.45) is 1.54. The van der Waals surface area contributed by atoms with Crippen molar-refractivity contribution in [1.29, 1.82) is 0 Å². The van der Waals surface area contributed by atoms with E-state index in [1.54, 1.807) is 10.9 Å². The number of aromatic amines is 1. The summed E-state index contributed by atoms with van der Waals surface area (Å²) in [5, 5.41) is 14.0. The number of nitrogens with zero attached hydrogens (tertiary/aromatic N) is 4. The molecule has 1 amide bonds. The Morgan fingerprint density at radius 1 is 1.26 bits per heavy atom. The van der Waals surface area contributed by atoms with Crippen LogP contribution < -0.4 is 5.32 Å². The molecule has 3 rings (SSSR count). The van der Waals surface area contributed by atoms with Gasteiger partial charge in [-0.2, -0.15) is 10.2 Å². The number of aromatic nitrogens is 5. The topological polar surface area (TPSA) is 88.5 Å². The van der Waals surface area contributed by atoms with Gasteiger partial charge in [-0.25, -0.2) is 9.67 Å². The number of H-pyrrole nitrogens is 1. The Morgan fingerprint density at radius 2 is 2.04 bits per heavy atom. The molecule has 2 N–H and O–H groups in total. The lowest BCUT2D eigenvalue weighted by Gasteiger charge is -2.07. The number of nitrogens with one attached hydrogen (secondary N) is 2. The minimum absolute atomic E-state index is 0.160. The summed E-state index contributed by atoms with van der Waals surface area (Å²) in [7, 11) is 0. The second kappa shape index (κ2) is 6.43. The minimum Gasteiger partial charge on any atom is -0.350 e. The van der Waals surface area contributed by atoms with Crippen LogP contribution in [0, 0.1) is 13.8 Å². The number of carbonyl (C=O) groups is 1. The predicted molar refractivity (Wildman–Crippen MR) is 85.9 cm³/mol. The predicted octanol–water partition coefficient (Wildman–Crippen LogP) is 1.72. The van der Waals surface area contributed by atoms with Gasteiger partial charge in [0.1, 0.15) is 11.6 Å². The van der Waals surface area contributed by atoms with Gasteiger partial charge in [0.25, 0.3) is 5.91 Å². The maximum absolute atomic E-state index is 12.4. The molecule has 0 atom stereocenters. The summed E-state index contributed by atoms with van der Waals surface area (Å²) in [6.45, 7) is 4.80. The van der Waals surface area contributed by atoms with Gasteiger partial charge in [-0.15, -0.1) is 0 Å². The maximum atomic E-state index is 12.4. The van der Waals surface area contributed by atoms with Crippen molar-refractivity contribution in [3.63, 3.8) is 0 Å². The van der Waals surface area contributed by atoms with Crippen LogP contribution in [0.3, 0.4) is 0 Å². The van der Waals surface area contributed by atoms with Crippen molar-refractivity contribution >= 4 is 5.91 Å². The quantitative estimate of drug-likeness (QED) is 0.751. The van der Waals surface area contributed by atoms with Gasteiger partial charge in [0, 0.05) is 12.1 Å². The molecule has 0 fully saturated rings. The van der Waals surface area contributed by atoms with Crippen molar-refractivity contribution in [3.8, 4) is 11.3 Å². The normalized spacial score (nSPS) is 10.7. The van der Waals surface area contributed by atoms with E-state index in [1.165, 1.54) is 0 Å². The summed E-state index contributed by atoms with van der Waals surface area (Å²) in [5.74, 6) is 1.41. The molecule has 118 valence electrons. The zero-order valence-corrected chi connectivity index (χ0v) is 13.1. The van der Waals surface area contributed by atoms with E-state index in [2.05, 4.69) is 25.6 Å². The molecule has 0 spiro atoms. The first-order chi connectivity index (χ1) is 11.1. The Hall–Kier alpha value is -2.96. The number of amides is 1. The summed E-state index contributed by atoms with van der Waals surface area (Å²) >= 11 is 0. The van der Waals surface area contributed by atoms with Crippen molar-refractivity contribution in [3.05, 3.63) is 53.7 Å². The molecule has 0 bridgehead atoms. The first-order valence-corrected chi connectivity index (χ1v) is 7.40. The van der Waals surface area contributed by atoms with Crippen LogP contribution in [-0.4, -0.2) is 37.4 Å². The van der Waals surface area contributed by atoms with Gasteiger partial charge >= 0.3 is 0 Å². The summed E-state index contributed by atoms with van der Waals surface area (Å²) in [4.78, 5) is 16.6. The fourth-order valence-corrected chi connectivity index (χ4v) is 2.43. The smallest absolute Gasteiger partial charge is 0.255 e. The standard InChI is InChI=1S/C16H18N6O/c1-11-19-12(2)22(21-11)9-8-17-16(23)14-10-18-20-15(14)13-6-4-3-5-7-13/h3-7,10H,8-9H2,1-2H3,(H,17,23)(H,18,20). The second-order valence-corrected chi connectivity index (χ2v) is 5.21. The summed E-state index contributed by atoms with van der Waals surface area (Å²) < 4.78 is 1.78. The van der Waals surface area contributed by atoms with Gasteiger partial charge < -0.3 is 5.32 Å². The summed E-state index contributed by atoms with van der Waals surface area (Å²) in [5.41, 5.74) is 2.18. The van der Waals surface area contributed by atoms with Gasteiger partial charge in [0.15, 0.2) is 0 Å². The SMILES string of the molecule is Cc1nc(C)n(CCNC(=O)c2cn[nH]c2-c2ccccc2)n1. The number of hydrogen-bond donors (Lipinski definition) is 2. The van der Waals surface area contributed by atoms with E-state index in [4.69, 9.17) is 0 Å². The third-order valence-corrected chi connectivity index (χ3v) is 3.52. The lowest BCUT2D eigenvalue weighted by molar-refractivity contribution is 0.0952. The fraction of sp³-hybridized carbons (Fsp3) is 0.250. The van der Waals surface area contributed by atoms with Gasteiger partial charge in [0.2, 0.25) is 0 Å². The first-order valence-electron chi connectivity index (χ1n) is 7.40. The van der Waals surface area contributed by atoms with E-state index < -0.39 is 0 Å². The third kappa shape index (κ3) is 3.28. The Labute approximate surface area is 133 Å². The van der Waals surface area contributed by atoms with E-state index in [0.717, 1.165) is 22.9 Å². The highest BCUT2D eigenvalue weighted by Crippen LogP contribution is 2.20. The van der Waals surface area contributed by atoms with Crippen molar-refractivity contribution in [1.82, 2.24) is 30.3 Å². The van der Waals surface area contributed by atoms with E-state index in [0.29, 0.717) is 18.7 Å². The first kappa shape index (κ1) is 15.0. The molecule has 0 radical (unpaired) electrons. The van der Waals surface area contributed by atoms with Gasteiger partial charge in [-0.3, -0.25) is 9.89 Å². The molecule has 2 aromatic heterocycles. The van der Waals surface area contributed by atoms with Crippen LogP contribution in [0.1, 0.15) is 22.0 Å². The highest BCUT2D eigenvalue weighted by molar-refractivity contribution is 5.99. The minimum atomic E-state index is -0.160. The molecule has 0 aliphatic carbocycles. The molecule has 7 heteroatoms. The van der Waals surface area contributed by atoms with Gasteiger partial charge in [-0.1, -0.05) is 30.3 Å². The Kier molecular flexibility index (Phi) is 4.18. The van der Waals surface area contributed by atoms with Crippen molar-refractivity contribution in [2.75, 3.05) is 6.54 Å². The third-order valence-electron chi connectivity index (χ3n) is 3.52.